The van der Waals surface area contributed by atoms with Crippen molar-refractivity contribution in [2.45, 2.75) is 31.5 Å². The number of benzene rings is 2. The van der Waals surface area contributed by atoms with Gasteiger partial charge in [-0.1, -0.05) is 23.7 Å². The molecule has 2 rings (SSSR count). The van der Waals surface area contributed by atoms with Crippen LogP contribution in [-0.4, -0.2) is 35.3 Å². The smallest absolute Gasteiger partial charge is 0.366 e. The molecule has 0 aliphatic rings. The molecule has 0 saturated heterocycles. The van der Waals surface area contributed by atoms with Crippen LogP contribution in [0.2, 0.25) is 5.02 Å². The number of hydrogen-bond donors (Lipinski definition) is 0. The van der Waals surface area contributed by atoms with Gasteiger partial charge in [0, 0.05) is 19.8 Å². The Morgan fingerprint density at radius 1 is 1.24 bits per heavy atom. The number of rotatable bonds is 6. The number of halogens is 4. The molecule has 0 amide bonds. The fourth-order valence-corrected chi connectivity index (χ4v) is 4.32. The molecule has 1 unspecified atom stereocenters. The largest absolute Gasteiger partial charge is 0.416 e. The van der Waals surface area contributed by atoms with Crippen LogP contribution in [0.25, 0.3) is 0 Å². The van der Waals surface area contributed by atoms with E-state index in [9.17, 15) is 17.4 Å². The molecule has 0 fully saturated rings. The lowest BCUT2D eigenvalue weighted by Gasteiger charge is -2.12. The van der Waals surface area contributed by atoms with Crippen molar-refractivity contribution in [2.24, 2.45) is 9.36 Å². The van der Waals surface area contributed by atoms with Gasteiger partial charge < -0.3 is 4.90 Å². The molecule has 0 aliphatic heterocycles. The molecule has 0 aliphatic carbocycles. The van der Waals surface area contributed by atoms with Crippen LogP contribution in [0.4, 0.5) is 18.9 Å². The highest BCUT2D eigenvalue weighted by molar-refractivity contribution is 7.93. The highest BCUT2D eigenvalue weighted by atomic mass is 35.5. The summed E-state index contributed by atoms with van der Waals surface area (Å²) in [5.41, 5.74) is 0.815. The Labute approximate surface area is 174 Å². The van der Waals surface area contributed by atoms with E-state index in [-0.39, 0.29) is 6.54 Å². The Kier molecular flexibility index (Phi) is 7.35. The van der Waals surface area contributed by atoms with Gasteiger partial charge in [-0.2, -0.15) is 13.2 Å². The Morgan fingerprint density at radius 3 is 2.55 bits per heavy atom. The molecule has 29 heavy (non-hydrogen) atoms. The van der Waals surface area contributed by atoms with E-state index in [1.54, 1.807) is 25.4 Å². The summed E-state index contributed by atoms with van der Waals surface area (Å²) >= 11 is 6.30. The summed E-state index contributed by atoms with van der Waals surface area (Å²) in [6, 6.07) is 8.13. The van der Waals surface area contributed by atoms with Crippen molar-refractivity contribution in [1.82, 2.24) is 4.90 Å². The third-order valence-corrected chi connectivity index (χ3v) is 6.47. The van der Waals surface area contributed by atoms with Gasteiger partial charge in [-0.3, -0.25) is 0 Å². The monoisotopic (exact) mass is 445 g/mol. The first kappa shape index (κ1) is 23.2. The van der Waals surface area contributed by atoms with Crippen molar-refractivity contribution in [3.8, 4) is 0 Å². The second-order valence-electron chi connectivity index (χ2n) is 6.67. The van der Waals surface area contributed by atoms with Crippen LogP contribution in [0, 0.1) is 6.92 Å². The number of nitrogens with zero attached hydrogens (tertiary/aromatic N) is 3. The van der Waals surface area contributed by atoms with Crippen LogP contribution >= 0.6 is 11.6 Å². The Balaban J connectivity index is 2.34. The van der Waals surface area contributed by atoms with E-state index in [0.717, 1.165) is 18.7 Å². The zero-order chi connectivity index (χ0) is 21.8. The fraction of sp³-hybridized carbons (Fsp3) is 0.350. The highest BCUT2D eigenvalue weighted by Crippen LogP contribution is 2.32. The maximum Gasteiger partial charge on any atom is 0.416 e. The minimum atomic E-state index is -4.43. The second-order valence-corrected chi connectivity index (χ2v) is 9.39. The molecule has 1 atom stereocenters. The molecule has 2 aromatic rings. The first-order valence-electron chi connectivity index (χ1n) is 8.82. The average Bonchev–Trinajstić information content (AvgIpc) is 2.66. The molecule has 158 valence electrons. The maximum atomic E-state index is 13.1. The van der Waals surface area contributed by atoms with Gasteiger partial charge in [-0.25, -0.2) is 13.6 Å². The van der Waals surface area contributed by atoms with Crippen molar-refractivity contribution in [1.29, 1.82) is 0 Å². The van der Waals surface area contributed by atoms with Gasteiger partial charge in [0.05, 0.1) is 43.8 Å². The van der Waals surface area contributed by atoms with E-state index in [1.807, 2.05) is 18.9 Å². The molecule has 0 N–H and O–H groups in total. The van der Waals surface area contributed by atoms with Gasteiger partial charge in [0.1, 0.15) is 0 Å². The molecule has 0 radical (unpaired) electrons. The first-order valence-corrected chi connectivity index (χ1v) is 11.1. The standard InChI is InChI=1S/C20H23ClF3N3OS/c1-5-27(3)13-25-18-9-14(2)19(11-17(18)21)29(4,28)26-12-15-7-6-8-16(10-15)20(22,23)24/h6-11,13H,5,12H2,1-4H3. The summed E-state index contributed by atoms with van der Waals surface area (Å²) < 4.78 is 55.9. The molecule has 9 heteroatoms. The summed E-state index contributed by atoms with van der Waals surface area (Å²) in [4.78, 5) is 6.65. The number of aryl methyl sites for hydroxylation is 1. The number of aliphatic imine (C=N–C) groups is 1. The predicted octanol–water partition coefficient (Wildman–Crippen LogP) is 5.94. The van der Waals surface area contributed by atoms with Crippen LogP contribution in [-0.2, 0) is 22.5 Å². The minimum absolute atomic E-state index is 0.0997. The zero-order valence-corrected chi connectivity index (χ0v) is 18.2. The molecular weight excluding hydrogens is 423 g/mol. The van der Waals surface area contributed by atoms with Crippen LogP contribution in [0.15, 0.2) is 50.6 Å². The average molecular weight is 446 g/mol. The van der Waals surface area contributed by atoms with Gasteiger partial charge in [0.15, 0.2) is 0 Å². The van der Waals surface area contributed by atoms with E-state index in [4.69, 9.17) is 11.6 Å². The summed E-state index contributed by atoms with van der Waals surface area (Å²) in [6.45, 7) is 4.45. The Hall–Kier alpha value is -2.06. The number of hydrogen-bond acceptors (Lipinski definition) is 3. The maximum absolute atomic E-state index is 13.1. The quantitative estimate of drug-likeness (QED) is 0.408. The molecule has 2 aromatic carbocycles. The second kappa shape index (κ2) is 9.17. The molecule has 4 nitrogen and oxygen atoms in total. The van der Waals surface area contributed by atoms with Crippen LogP contribution < -0.4 is 0 Å². The normalized spacial score (nSPS) is 14.1. The van der Waals surface area contributed by atoms with Crippen molar-refractivity contribution in [3.05, 3.63) is 58.1 Å². The Bertz CT molecular complexity index is 1030. The van der Waals surface area contributed by atoms with Gasteiger partial charge in [0.2, 0.25) is 0 Å². The lowest BCUT2D eigenvalue weighted by atomic mass is 10.1. The summed E-state index contributed by atoms with van der Waals surface area (Å²) in [5, 5.41) is 0.329. The molecule has 0 aromatic heterocycles. The molecule has 0 spiro atoms. The summed E-state index contributed by atoms with van der Waals surface area (Å²) in [5.74, 6) is 0. The third-order valence-electron chi connectivity index (χ3n) is 4.29. The fourth-order valence-electron chi connectivity index (χ4n) is 2.51. The topological polar surface area (TPSA) is 45.0 Å². The molecule has 0 saturated carbocycles. The van der Waals surface area contributed by atoms with Crippen LogP contribution in [0.1, 0.15) is 23.6 Å². The lowest BCUT2D eigenvalue weighted by molar-refractivity contribution is -0.137. The summed E-state index contributed by atoms with van der Waals surface area (Å²) in [6.07, 6.45) is -1.33. The molecular formula is C20H23ClF3N3OS. The molecule has 0 bridgehead atoms. The predicted molar refractivity (Wildman–Crippen MR) is 113 cm³/mol. The van der Waals surface area contributed by atoms with Gasteiger partial charge >= 0.3 is 6.18 Å². The van der Waals surface area contributed by atoms with E-state index in [1.165, 1.54) is 18.4 Å². The zero-order valence-electron chi connectivity index (χ0n) is 16.6. The van der Waals surface area contributed by atoms with E-state index < -0.39 is 21.5 Å². The van der Waals surface area contributed by atoms with Crippen LogP contribution in [0.5, 0.6) is 0 Å². The number of alkyl halides is 3. The van der Waals surface area contributed by atoms with Crippen LogP contribution in [0.3, 0.4) is 0 Å². The third kappa shape index (κ3) is 6.21. The van der Waals surface area contributed by atoms with E-state index in [0.29, 0.717) is 26.7 Å². The van der Waals surface area contributed by atoms with Gasteiger partial charge in [-0.15, -0.1) is 0 Å². The van der Waals surface area contributed by atoms with Gasteiger partial charge in [0.25, 0.3) is 0 Å². The van der Waals surface area contributed by atoms with Crippen molar-refractivity contribution < 1.29 is 17.4 Å². The van der Waals surface area contributed by atoms with Crippen molar-refractivity contribution in [2.75, 3.05) is 19.8 Å². The minimum Gasteiger partial charge on any atom is -0.366 e. The SMILES string of the molecule is CCN(C)C=Nc1cc(C)c(S(C)(=O)=NCc2cccc(C(F)(F)F)c2)cc1Cl. The van der Waals surface area contributed by atoms with E-state index in [2.05, 4.69) is 9.36 Å². The van der Waals surface area contributed by atoms with E-state index >= 15 is 0 Å². The first-order chi connectivity index (χ1) is 13.4. The van der Waals surface area contributed by atoms with Crippen molar-refractivity contribution >= 4 is 33.4 Å². The highest BCUT2D eigenvalue weighted by Gasteiger charge is 2.30. The Morgan fingerprint density at radius 2 is 1.93 bits per heavy atom. The van der Waals surface area contributed by atoms with Crippen molar-refractivity contribution in [3.63, 3.8) is 0 Å². The summed E-state index contributed by atoms with van der Waals surface area (Å²) in [7, 11) is -0.987. The lowest BCUT2D eigenvalue weighted by Crippen LogP contribution is -2.14. The van der Waals surface area contributed by atoms with Gasteiger partial charge in [-0.05, 0) is 49.2 Å². The molecule has 0 heterocycles.